The summed E-state index contributed by atoms with van der Waals surface area (Å²) >= 11 is 0. The summed E-state index contributed by atoms with van der Waals surface area (Å²) in [6, 6.07) is 2.54. The van der Waals surface area contributed by atoms with Crippen molar-refractivity contribution in [2.75, 3.05) is 0 Å². The van der Waals surface area contributed by atoms with Crippen LogP contribution in [0, 0.1) is 6.92 Å². The van der Waals surface area contributed by atoms with E-state index in [9.17, 15) is 25.9 Å². The summed E-state index contributed by atoms with van der Waals surface area (Å²) in [5.41, 5.74) is 2.25. The van der Waals surface area contributed by atoms with E-state index in [1.165, 1.54) is 18.2 Å². The third kappa shape index (κ3) is 4.55. The van der Waals surface area contributed by atoms with E-state index in [0.717, 1.165) is 23.8 Å². The first-order valence-electron chi connectivity index (χ1n) is 9.58. The first-order chi connectivity index (χ1) is 13.4. The van der Waals surface area contributed by atoms with Crippen molar-refractivity contribution in [2.24, 2.45) is 0 Å². The van der Waals surface area contributed by atoms with Crippen LogP contribution in [0.5, 0.6) is 0 Å². The molecule has 2 aromatic rings. The summed E-state index contributed by atoms with van der Waals surface area (Å²) in [4.78, 5) is -0.569. The number of benzene rings is 2. The maximum Gasteiger partial charge on any atom is 0.295 e. The molecule has 0 aliphatic heterocycles. The van der Waals surface area contributed by atoms with E-state index < -0.39 is 20.2 Å². The Kier molecular flexibility index (Phi) is 6.94. The van der Waals surface area contributed by atoms with Crippen LogP contribution in [0.15, 0.2) is 28.5 Å². The molecule has 0 aliphatic rings. The van der Waals surface area contributed by atoms with Gasteiger partial charge in [0.05, 0.1) is 4.90 Å². The first-order valence-corrected chi connectivity index (χ1v) is 12.5. The van der Waals surface area contributed by atoms with Gasteiger partial charge in [-0.3, -0.25) is 9.11 Å². The monoisotopic (exact) mass is 440 g/mol. The van der Waals surface area contributed by atoms with Gasteiger partial charge in [0.1, 0.15) is 4.90 Å². The van der Waals surface area contributed by atoms with Gasteiger partial charge in [0.25, 0.3) is 20.2 Å². The molecule has 0 aromatic heterocycles. The van der Waals surface area contributed by atoms with Crippen LogP contribution < -0.4 is 0 Å². The Morgan fingerprint density at radius 2 is 1.59 bits per heavy atom. The molecule has 2 aromatic carbocycles. The first kappa shape index (κ1) is 23.5. The summed E-state index contributed by atoms with van der Waals surface area (Å²) in [6.07, 6.45) is 4.32. The second-order valence-corrected chi connectivity index (χ2v) is 10.2. The van der Waals surface area contributed by atoms with E-state index in [-0.39, 0.29) is 15.7 Å². The largest absolute Gasteiger partial charge is 0.295 e. The smallest absolute Gasteiger partial charge is 0.282 e. The number of hydrogen-bond acceptors (Lipinski definition) is 4. The van der Waals surface area contributed by atoms with Crippen LogP contribution in [0.1, 0.15) is 68.2 Å². The van der Waals surface area contributed by atoms with Crippen molar-refractivity contribution in [3.8, 4) is 0 Å². The molecule has 1 atom stereocenters. The highest BCUT2D eigenvalue weighted by atomic mass is 32.2. The number of fused-ring (bicyclic) bond motifs is 1. The van der Waals surface area contributed by atoms with E-state index in [0.29, 0.717) is 34.9 Å². The van der Waals surface area contributed by atoms with Crippen LogP contribution >= 0.6 is 0 Å². The van der Waals surface area contributed by atoms with Gasteiger partial charge in [0.15, 0.2) is 0 Å². The molecule has 0 amide bonds. The molecule has 6 nitrogen and oxygen atoms in total. The molecule has 29 heavy (non-hydrogen) atoms. The molecule has 0 unspecified atom stereocenters. The Morgan fingerprint density at radius 3 is 2.03 bits per heavy atom. The van der Waals surface area contributed by atoms with Crippen LogP contribution in [0.2, 0.25) is 0 Å². The van der Waals surface area contributed by atoms with Gasteiger partial charge in [-0.15, -0.1) is 0 Å². The number of hydrogen-bond donors (Lipinski definition) is 2. The quantitative estimate of drug-likeness (QED) is 0.550. The molecule has 0 saturated heterocycles. The fourth-order valence-electron chi connectivity index (χ4n) is 4.16. The molecule has 160 valence electrons. The molecule has 2 N–H and O–H groups in total. The van der Waals surface area contributed by atoms with Crippen molar-refractivity contribution in [3.63, 3.8) is 0 Å². The summed E-state index contributed by atoms with van der Waals surface area (Å²) < 4.78 is 67.6. The second kappa shape index (κ2) is 8.55. The maximum atomic E-state index is 12.0. The van der Waals surface area contributed by atoms with E-state index in [1.54, 1.807) is 6.92 Å². The van der Waals surface area contributed by atoms with Crippen LogP contribution in [0.25, 0.3) is 16.8 Å². The molecular formula is C21H28O6S2. The van der Waals surface area contributed by atoms with Crippen molar-refractivity contribution in [1.82, 2.24) is 0 Å². The number of aryl methyl sites for hydroxylation is 1. The van der Waals surface area contributed by atoms with Gasteiger partial charge in [0.2, 0.25) is 0 Å². The van der Waals surface area contributed by atoms with E-state index >= 15 is 0 Å². The van der Waals surface area contributed by atoms with E-state index in [2.05, 4.69) is 6.58 Å². The average molecular weight is 441 g/mol. The maximum absolute atomic E-state index is 12.0. The van der Waals surface area contributed by atoms with Gasteiger partial charge < -0.3 is 0 Å². The summed E-state index contributed by atoms with van der Waals surface area (Å²) in [7, 11) is -9.08. The zero-order chi connectivity index (χ0) is 22.1. The normalized spacial score (nSPS) is 13.6. The SMILES string of the molecule is C=Cc1c(S(=O)(=O)O)cc2cc(S(=O)(=O)O)c(C)c([C@@H](C)CCC)c2c1CCC. The average Bonchev–Trinajstić information content (AvgIpc) is 2.59. The molecule has 0 fully saturated rings. The molecule has 8 heteroatoms. The van der Waals surface area contributed by atoms with E-state index in [4.69, 9.17) is 0 Å². The van der Waals surface area contributed by atoms with Gasteiger partial charge in [-0.1, -0.05) is 46.3 Å². The lowest BCUT2D eigenvalue weighted by atomic mass is 9.84. The fraction of sp³-hybridized carbons (Fsp3) is 0.429. The van der Waals surface area contributed by atoms with Crippen LogP contribution in [-0.4, -0.2) is 25.9 Å². The Labute approximate surface area is 173 Å². The van der Waals surface area contributed by atoms with Crippen LogP contribution in [0.3, 0.4) is 0 Å². The minimum absolute atomic E-state index is 0.0194. The minimum atomic E-state index is -4.56. The van der Waals surface area contributed by atoms with Crippen molar-refractivity contribution >= 4 is 37.1 Å². The third-order valence-electron chi connectivity index (χ3n) is 5.27. The van der Waals surface area contributed by atoms with Crippen molar-refractivity contribution in [3.05, 3.63) is 41.0 Å². The highest BCUT2D eigenvalue weighted by molar-refractivity contribution is 7.86. The van der Waals surface area contributed by atoms with Gasteiger partial charge in [-0.05, 0) is 70.8 Å². The lowest BCUT2D eigenvalue weighted by molar-refractivity contribution is 0.481. The van der Waals surface area contributed by atoms with Gasteiger partial charge in [-0.2, -0.15) is 16.8 Å². The van der Waals surface area contributed by atoms with Gasteiger partial charge >= 0.3 is 0 Å². The third-order valence-corrected chi connectivity index (χ3v) is 7.15. The lowest BCUT2D eigenvalue weighted by Gasteiger charge is -2.23. The Morgan fingerprint density at radius 1 is 1.03 bits per heavy atom. The predicted molar refractivity (Wildman–Crippen MR) is 116 cm³/mol. The zero-order valence-electron chi connectivity index (χ0n) is 17.2. The Balaban J connectivity index is 3.24. The van der Waals surface area contributed by atoms with Crippen molar-refractivity contribution in [1.29, 1.82) is 0 Å². The van der Waals surface area contributed by atoms with Gasteiger partial charge in [0, 0.05) is 0 Å². The Hall–Kier alpha value is -1.74. The molecule has 0 aliphatic carbocycles. The standard InChI is InChI=1S/C21H28O6S2/c1-6-9-13(4)20-14(5)18(28(22,23)24)11-15-12-19(29(25,26)27)16(8-3)17(10-7-2)21(15)20/h8,11-13H,3,6-7,9-10H2,1-2,4-5H3,(H,22,23,24)(H,25,26,27)/t13-/m0/s1. The Bertz CT molecular complexity index is 1160. The molecule has 2 rings (SSSR count). The van der Waals surface area contributed by atoms with Crippen molar-refractivity contribution in [2.45, 2.75) is 69.1 Å². The fourth-order valence-corrected chi connectivity index (χ4v) is 5.69. The topological polar surface area (TPSA) is 109 Å². The zero-order valence-corrected chi connectivity index (χ0v) is 18.8. The lowest BCUT2D eigenvalue weighted by Crippen LogP contribution is -2.11. The highest BCUT2D eigenvalue weighted by Gasteiger charge is 2.27. The molecule has 0 radical (unpaired) electrons. The molecule has 0 bridgehead atoms. The highest BCUT2D eigenvalue weighted by Crippen LogP contribution is 2.40. The minimum Gasteiger partial charge on any atom is -0.282 e. The van der Waals surface area contributed by atoms with E-state index in [1.807, 2.05) is 20.8 Å². The molecule has 0 spiro atoms. The van der Waals surface area contributed by atoms with Crippen LogP contribution in [-0.2, 0) is 26.7 Å². The molecule has 0 saturated carbocycles. The second-order valence-electron chi connectivity index (χ2n) is 7.37. The summed E-state index contributed by atoms with van der Waals surface area (Å²) in [6.45, 7) is 11.4. The molecule has 0 heterocycles. The predicted octanol–water partition coefficient (Wildman–Crippen LogP) is 5.14. The number of rotatable bonds is 8. The van der Waals surface area contributed by atoms with Crippen molar-refractivity contribution < 1.29 is 25.9 Å². The molecular weight excluding hydrogens is 412 g/mol. The van der Waals surface area contributed by atoms with Crippen LogP contribution in [0.4, 0.5) is 0 Å². The van der Waals surface area contributed by atoms with Gasteiger partial charge in [-0.25, -0.2) is 0 Å². The summed E-state index contributed by atoms with van der Waals surface area (Å²) in [5.74, 6) is -0.0194. The summed E-state index contributed by atoms with van der Waals surface area (Å²) in [5, 5.41) is 1.11.